The Balaban J connectivity index is 1.91. The van der Waals surface area contributed by atoms with Crippen LogP contribution >= 0.6 is 11.8 Å². The second-order valence-corrected chi connectivity index (χ2v) is 6.60. The second kappa shape index (κ2) is 6.45. The number of pyridine rings is 1. The molecule has 0 amide bonds. The Hall–Kier alpha value is -2.87. The molecule has 8 heteroatoms. The summed E-state index contributed by atoms with van der Waals surface area (Å²) in [4.78, 5) is 21.9. The van der Waals surface area contributed by atoms with E-state index in [1.165, 1.54) is 11.8 Å². The summed E-state index contributed by atoms with van der Waals surface area (Å²) >= 11 is 1.44. The SMILES string of the molecule is COc1ccccc1Cn1ccc2c(c(C)nc3nc(SC)nn32)c1=O. The van der Waals surface area contributed by atoms with Gasteiger partial charge in [-0.2, -0.15) is 9.50 Å². The lowest BCUT2D eigenvalue weighted by atomic mass is 10.2. The maximum absolute atomic E-state index is 13.1. The Kier molecular flexibility index (Phi) is 4.12. The van der Waals surface area contributed by atoms with Gasteiger partial charge >= 0.3 is 0 Å². The molecule has 3 aromatic heterocycles. The molecule has 0 radical (unpaired) electrons. The number of nitrogens with zero attached hydrogens (tertiary/aromatic N) is 5. The van der Waals surface area contributed by atoms with E-state index < -0.39 is 0 Å². The molecule has 4 rings (SSSR count). The summed E-state index contributed by atoms with van der Waals surface area (Å²) in [5, 5.41) is 5.60. The van der Waals surface area contributed by atoms with Gasteiger partial charge in [-0.1, -0.05) is 30.0 Å². The summed E-state index contributed by atoms with van der Waals surface area (Å²) in [5.41, 5.74) is 2.18. The number of hydrogen-bond donors (Lipinski definition) is 0. The highest BCUT2D eigenvalue weighted by Gasteiger charge is 2.15. The quantitative estimate of drug-likeness (QED) is 0.516. The van der Waals surface area contributed by atoms with E-state index >= 15 is 0 Å². The molecule has 0 saturated heterocycles. The van der Waals surface area contributed by atoms with E-state index in [1.54, 1.807) is 22.4 Å². The summed E-state index contributed by atoms with van der Waals surface area (Å²) in [6.07, 6.45) is 3.68. The molecule has 0 aliphatic heterocycles. The maximum atomic E-state index is 13.1. The van der Waals surface area contributed by atoms with Crippen molar-refractivity contribution in [3.8, 4) is 5.75 Å². The average molecular weight is 367 g/mol. The molecule has 26 heavy (non-hydrogen) atoms. The van der Waals surface area contributed by atoms with Gasteiger partial charge in [0, 0.05) is 11.8 Å². The minimum absolute atomic E-state index is 0.110. The number of hydrogen-bond acceptors (Lipinski definition) is 6. The minimum Gasteiger partial charge on any atom is -0.496 e. The number of fused-ring (bicyclic) bond motifs is 3. The van der Waals surface area contributed by atoms with Crippen molar-refractivity contribution in [2.24, 2.45) is 0 Å². The first-order chi connectivity index (χ1) is 12.6. The fourth-order valence-electron chi connectivity index (χ4n) is 3.03. The number of benzene rings is 1. The van der Waals surface area contributed by atoms with Crippen LogP contribution in [0.25, 0.3) is 16.7 Å². The molecule has 0 atom stereocenters. The molecule has 0 saturated carbocycles. The molecular weight excluding hydrogens is 350 g/mol. The van der Waals surface area contributed by atoms with Crippen molar-refractivity contribution < 1.29 is 4.74 Å². The molecular formula is C18H17N5O2S. The molecule has 0 unspecified atom stereocenters. The summed E-state index contributed by atoms with van der Waals surface area (Å²) in [6, 6.07) is 9.56. The van der Waals surface area contributed by atoms with E-state index in [1.807, 2.05) is 43.5 Å². The summed E-state index contributed by atoms with van der Waals surface area (Å²) < 4.78 is 8.68. The standard InChI is InChI=1S/C18H17N5O2S/c1-11-15-13(23-17(19-11)20-18(21-23)26-3)8-9-22(16(15)24)10-12-6-4-5-7-14(12)25-2/h4-9H,10H2,1-3H3. The first-order valence-electron chi connectivity index (χ1n) is 8.05. The molecule has 1 aromatic carbocycles. The number of thioether (sulfide) groups is 1. The fourth-order valence-corrected chi connectivity index (χ4v) is 3.37. The molecule has 0 aliphatic carbocycles. The lowest BCUT2D eigenvalue weighted by molar-refractivity contribution is 0.408. The number of aromatic nitrogens is 5. The highest BCUT2D eigenvalue weighted by atomic mass is 32.2. The van der Waals surface area contributed by atoms with Gasteiger partial charge in [0.05, 0.1) is 30.3 Å². The molecule has 0 bridgehead atoms. The molecule has 0 N–H and O–H groups in total. The monoisotopic (exact) mass is 367 g/mol. The van der Waals surface area contributed by atoms with Crippen molar-refractivity contribution in [1.29, 1.82) is 0 Å². The van der Waals surface area contributed by atoms with Gasteiger partial charge in [-0.25, -0.2) is 4.98 Å². The zero-order valence-electron chi connectivity index (χ0n) is 14.6. The smallest absolute Gasteiger partial charge is 0.262 e. The number of ether oxygens (including phenoxy) is 1. The van der Waals surface area contributed by atoms with Crippen molar-refractivity contribution in [3.63, 3.8) is 0 Å². The predicted molar refractivity (Wildman–Crippen MR) is 101 cm³/mol. The molecule has 3 heterocycles. The van der Waals surface area contributed by atoms with Crippen molar-refractivity contribution >= 4 is 28.4 Å². The van der Waals surface area contributed by atoms with Crippen LogP contribution in [0.1, 0.15) is 11.3 Å². The molecule has 4 aromatic rings. The van der Waals surface area contributed by atoms with Crippen molar-refractivity contribution in [2.45, 2.75) is 18.6 Å². The Morgan fingerprint density at radius 2 is 2.00 bits per heavy atom. The summed E-state index contributed by atoms with van der Waals surface area (Å²) in [6.45, 7) is 2.24. The topological polar surface area (TPSA) is 74.3 Å². The van der Waals surface area contributed by atoms with E-state index in [0.717, 1.165) is 11.3 Å². The van der Waals surface area contributed by atoms with E-state index in [9.17, 15) is 4.79 Å². The predicted octanol–water partition coefficient (Wildman–Crippen LogP) is 2.53. The lowest BCUT2D eigenvalue weighted by Crippen LogP contribution is -2.22. The molecule has 0 aliphatic rings. The minimum atomic E-state index is -0.110. The van der Waals surface area contributed by atoms with Crippen LogP contribution in [0.3, 0.4) is 0 Å². The highest BCUT2D eigenvalue weighted by molar-refractivity contribution is 7.98. The highest BCUT2D eigenvalue weighted by Crippen LogP contribution is 2.20. The van der Waals surface area contributed by atoms with E-state index in [2.05, 4.69) is 15.1 Å². The van der Waals surface area contributed by atoms with Gasteiger partial charge in [-0.3, -0.25) is 4.79 Å². The van der Waals surface area contributed by atoms with Crippen molar-refractivity contribution in [2.75, 3.05) is 13.4 Å². The largest absolute Gasteiger partial charge is 0.496 e. The number of para-hydroxylation sites is 1. The number of aryl methyl sites for hydroxylation is 1. The molecule has 7 nitrogen and oxygen atoms in total. The third kappa shape index (κ3) is 2.62. The molecule has 132 valence electrons. The van der Waals surface area contributed by atoms with Gasteiger partial charge < -0.3 is 9.30 Å². The van der Waals surface area contributed by atoms with Crippen LogP contribution in [-0.2, 0) is 6.54 Å². The zero-order chi connectivity index (χ0) is 18.3. The Labute approximate surface area is 153 Å². The van der Waals surface area contributed by atoms with Crippen molar-refractivity contribution in [1.82, 2.24) is 24.1 Å². The van der Waals surface area contributed by atoms with Crippen LogP contribution in [0.4, 0.5) is 0 Å². The lowest BCUT2D eigenvalue weighted by Gasteiger charge is -2.12. The van der Waals surface area contributed by atoms with Gasteiger partial charge in [0.25, 0.3) is 11.3 Å². The summed E-state index contributed by atoms with van der Waals surface area (Å²) in [7, 11) is 1.63. The third-order valence-electron chi connectivity index (χ3n) is 4.29. The van der Waals surface area contributed by atoms with Gasteiger partial charge in [0.2, 0.25) is 5.16 Å². The Bertz CT molecular complexity index is 1180. The first-order valence-corrected chi connectivity index (χ1v) is 9.27. The second-order valence-electron chi connectivity index (χ2n) is 5.83. The van der Waals surface area contributed by atoms with Gasteiger partial charge in [-0.05, 0) is 25.3 Å². The number of rotatable bonds is 4. The molecule has 0 spiro atoms. The summed E-state index contributed by atoms with van der Waals surface area (Å²) in [5.74, 6) is 1.26. The maximum Gasteiger partial charge on any atom is 0.262 e. The van der Waals surface area contributed by atoms with E-state index in [0.29, 0.717) is 34.1 Å². The van der Waals surface area contributed by atoms with Crippen LogP contribution in [0.15, 0.2) is 46.5 Å². The van der Waals surface area contributed by atoms with Crippen LogP contribution in [0.5, 0.6) is 5.75 Å². The molecule has 0 fully saturated rings. The zero-order valence-corrected chi connectivity index (χ0v) is 15.4. The van der Waals surface area contributed by atoms with Crippen LogP contribution < -0.4 is 10.3 Å². The van der Waals surface area contributed by atoms with Crippen LogP contribution in [0.2, 0.25) is 0 Å². The van der Waals surface area contributed by atoms with Crippen LogP contribution in [0, 0.1) is 6.92 Å². The normalized spacial score (nSPS) is 11.3. The Morgan fingerprint density at radius 3 is 2.77 bits per heavy atom. The first kappa shape index (κ1) is 16.6. The van der Waals surface area contributed by atoms with Gasteiger partial charge in [0.1, 0.15) is 5.75 Å². The number of methoxy groups -OCH3 is 1. The third-order valence-corrected chi connectivity index (χ3v) is 4.83. The van der Waals surface area contributed by atoms with Crippen molar-refractivity contribution in [3.05, 3.63) is 58.1 Å². The fraction of sp³-hybridized carbons (Fsp3) is 0.222. The van der Waals surface area contributed by atoms with E-state index in [-0.39, 0.29) is 5.56 Å². The van der Waals surface area contributed by atoms with Gasteiger partial charge in [-0.15, -0.1) is 5.10 Å². The Morgan fingerprint density at radius 1 is 1.19 bits per heavy atom. The van der Waals surface area contributed by atoms with Gasteiger partial charge in [0.15, 0.2) is 0 Å². The van der Waals surface area contributed by atoms with Crippen LogP contribution in [-0.4, -0.2) is 37.5 Å². The van der Waals surface area contributed by atoms with E-state index in [4.69, 9.17) is 4.74 Å². The average Bonchev–Trinajstić information content (AvgIpc) is 3.07.